The summed E-state index contributed by atoms with van der Waals surface area (Å²) in [4.78, 5) is 25.7. The van der Waals surface area contributed by atoms with E-state index in [2.05, 4.69) is 15.0 Å². The maximum absolute atomic E-state index is 11.2. The summed E-state index contributed by atoms with van der Waals surface area (Å²) < 4.78 is 9.36. The minimum atomic E-state index is -0.807. The zero-order valence-electron chi connectivity index (χ0n) is 9.97. The van der Waals surface area contributed by atoms with Gasteiger partial charge in [0.25, 0.3) is 0 Å². The fourth-order valence-corrected chi connectivity index (χ4v) is 1.88. The van der Waals surface area contributed by atoms with Crippen LogP contribution in [0, 0.1) is 0 Å². The van der Waals surface area contributed by atoms with Crippen LogP contribution >= 0.6 is 11.3 Å². The Morgan fingerprint density at radius 3 is 2.94 bits per heavy atom. The number of nitrogens with one attached hydrogen (secondary N) is 1. The first kappa shape index (κ1) is 14.2. The molecular weight excluding hydrogens is 258 g/mol. The number of primary amides is 1. The van der Waals surface area contributed by atoms with E-state index in [9.17, 15) is 9.59 Å². The van der Waals surface area contributed by atoms with Crippen molar-refractivity contribution in [1.29, 1.82) is 0 Å². The van der Waals surface area contributed by atoms with E-state index >= 15 is 0 Å². The number of amides is 1. The zero-order chi connectivity index (χ0) is 13.4. The van der Waals surface area contributed by atoms with E-state index in [1.807, 2.05) is 0 Å². The fourth-order valence-electron chi connectivity index (χ4n) is 1.14. The Hall–Kier alpha value is -1.83. The highest BCUT2D eigenvalue weighted by molar-refractivity contribution is 7.13. The van der Waals surface area contributed by atoms with Crippen molar-refractivity contribution in [2.75, 3.05) is 25.1 Å². The predicted molar refractivity (Wildman–Crippen MR) is 66.5 cm³/mol. The number of nitrogens with zero attached hydrogens (tertiary/aromatic N) is 1. The maximum Gasteiger partial charge on any atom is 0.404 e. The molecule has 1 aromatic heterocycles. The molecule has 7 nitrogen and oxygen atoms in total. The van der Waals surface area contributed by atoms with Gasteiger partial charge in [-0.3, -0.25) is 4.79 Å². The average molecular weight is 273 g/mol. The summed E-state index contributed by atoms with van der Waals surface area (Å²) in [6, 6.07) is 0. The van der Waals surface area contributed by atoms with Crippen molar-refractivity contribution in [1.82, 2.24) is 4.98 Å². The summed E-state index contributed by atoms with van der Waals surface area (Å²) in [5.41, 5.74) is 5.46. The smallest absolute Gasteiger partial charge is 0.404 e. The lowest BCUT2D eigenvalue weighted by Gasteiger charge is -2.02. The lowest BCUT2D eigenvalue weighted by atomic mass is 10.3. The standard InChI is InChI=1S/C10H15N3O4S/c1-2-16-8(14)5-7-6-18-10(13-7)12-3-4-17-9(11)15/h6H,2-5H2,1H3,(H2,11,15)(H,12,13). The Bertz CT molecular complexity index is 408. The van der Waals surface area contributed by atoms with Crippen LogP contribution in [-0.2, 0) is 20.7 Å². The van der Waals surface area contributed by atoms with E-state index in [0.717, 1.165) is 0 Å². The molecule has 0 aromatic carbocycles. The van der Waals surface area contributed by atoms with Crippen LogP contribution in [0.5, 0.6) is 0 Å². The van der Waals surface area contributed by atoms with Crippen LogP contribution in [0.1, 0.15) is 12.6 Å². The van der Waals surface area contributed by atoms with Gasteiger partial charge in [0, 0.05) is 5.38 Å². The Labute approximate surface area is 108 Å². The lowest BCUT2D eigenvalue weighted by Crippen LogP contribution is -2.18. The number of thiazole rings is 1. The second-order valence-corrected chi connectivity index (χ2v) is 4.08. The number of hydrogen-bond acceptors (Lipinski definition) is 7. The van der Waals surface area contributed by atoms with E-state index in [1.165, 1.54) is 11.3 Å². The van der Waals surface area contributed by atoms with Crippen LogP contribution in [0.4, 0.5) is 9.93 Å². The predicted octanol–water partition coefficient (Wildman–Crippen LogP) is 0.756. The van der Waals surface area contributed by atoms with Crippen LogP contribution in [0.3, 0.4) is 0 Å². The molecule has 0 saturated carbocycles. The third kappa shape index (κ3) is 5.48. The first-order valence-electron chi connectivity index (χ1n) is 5.38. The molecule has 100 valence electrons. The van der Waals surface area contributed by atoms with Gasteiger partial charge in [-0.2, -0.15) is 0 Å². The molecule has 3 N–H and O–H groups in total. The highest BCUT2D eigenvalue weighted by Crippen LogP contribution is 2.15. The van der Waals surface area contributed by atoms with Gasteiger partial charge in [0.1, 0.15) is 6.61 Å². The summed E-state index contributed by atoms with van der Waals surface area (Å²) in [5.74, 6) is -0.300. The van der Waals surface area contributed by atoms with Crippen molar-refractivity contribution in [3.05, 3.63) is 11.1 Å². The summed E-state index contributed by atoms with van der Waals surface area (Å²) in [7, 11) is 0. The van der Waals surface area contributed by atoms with Crippen molar-refractivity contribution in [2.24, 2.45) is 5.73 Å². The Morgan fingerprint density at radius 1 is 1.50 bits per heavy atom. The molecule has 0 unspecified atom stereocenters. The number of anilines is 1. The van der Waals surface area contributed by atoms with E-state index in [0.29, 0.717) is 24.0 Å². The minimum absolute atomic E-state index is 0.157. The quantitative estimate of drug-likeness (QED) is 0.561. The van der Waals surface area contributed by atoms with Gasteiger partial charge in [0.05, 0.1) is 25.3 Å². The number of esters is 1. The van der Waals surface area contributed by atoms with Crippen molar-refractivity contribution in [3.8, 4) is 0 Å². The Balaban J connectivity index is 2.29. The number of carbonyl (C=O) groups excluding carboxylic acids is 2. The Morgan fingerprint density at radius 2 is 2.28 bits per heavy atom. The van der Waals surface area contributed by atoms with E-state index < -0.39 is 6.09 Å². The molecule has 0 fully saturated rings. The fraction of sp³-hybridized carbons (Fsp3) is 0.500. The summed E-state index contributed by atoms with van der Waals surface area (Å²) in [6.45, 7) is 2.70. The van der Waals surface area contributed by atoms with E-state index in [4.69, 9.17) is 10.5 Å². The van der Waals surface area contributed by atoms with Crippen molar-refractivity contribution >= 4 is 28.5 Å². The first-order valence-corrected chi connectivity index (χ1v) is 6.26. The molecule has 8 heteroatoms. The highest BCUT2D eigenvalue weighted by atomic mass is 32.1. The molecule has 18 heavy (non-hydrogen) atoms. The van der Waals surface area contributed by atoms with Crippen LogP contribution in [0.25, 0.3) is 0 Å². The van der Waals surface area contributed by atoms with E-state index in [-0.39, 0.29) is 19.0 Å². The largest absolute Gasteiger partial charge is 0.466 e. The van der Waals surface area contributed by atoms with E-state index in [1.54, 1.807) is 12.3 Å². The molecular formula is C10H15N3O4S. The van der Waals surface area contributed by atoms with Gasteiger partial charge in [0.2, 0.25) is 0 Å². The van der Waals surface area contributed by atoms with Crippen LogP contribution in [-0.4, -0.2) is 36.8 Å². The topological polar surface area (TPSA) is 104 Å². The maximum atomic E-state index is 11.2. The van der Waals surface area contributed by atoms with Crippen LogP contribution in [0.2, 0.25) is 0 Å². The van der Waals surface area contributed by atoms with Gasteiger partial charge in [-0.15, -0.1) is 11.3 Å². The third-order valence-corrected chi connectivity index (χ3v) is 2.65. The van der Waals surface area contributed by atoms with Gasteiger partial charge in [-0.1, -0.05) is 0 Å². The molecule has 0 bridgehead atoms. The highest BCUT2D eigenvalue weighted by Gasteiger charge is 2.08. The summed E-state index contributed by atoms with van der Waals surface area (Å²) >= 11 is 1.37. The SMILES string of the molecule is CCOC(=O)Cc1csc(NCCOC(N)=O)n1. The second kappa shape index (κ2) is 7.49. The number of nitrogens with two attached hydrogens (primary N) is 1. The van der Waals surface area contributed by atoms with Crippen molar-refractivity contribution in [3.63, 3.8) is 0 Å². The molecule has 1 heterocycles. The van der Waals surface area contributed by atoms with Gasteiger partial charge >= 0.3 is 12.1 Å². The van der Waals surface area contributed by atoms with Crippen LogP contribution in [0.15, 0.2) is 5.38 Å². The summed E-state index contributed by atoms with van der Waals surface area (Å²) in [6.07, 6.45) is -0.650. The molecule has 0 atom stereocenters. The van der Waals surface area contributed by atoms with Gasteiger partial charge in [-0.25, -0.2) is 9.78 Å². The zero-order valence-corrected chi connectivity index (χ0v) is 10.8. The Kier molecular flexibility index (Phi) is 5.92. The molecule has 0 saturated heterocycles. The van der Waals surface area contributed by atoms with Gasteiger partial charge in [0.15, 0.2) is 5.13 Å². The number of ether oxygens (including phenoxy) is 2. The molecule has 0 aliphatic rings. The minimum Gasteiger partial charge on any atom is -0.466 e. The number of rotatable bonds is 7. The second-order valence-electron chi connectivity index (χ2n) is 3.22. The molecule has 0 radical (unpaired) electrons. The average Bonchev–Trinajstić information content (AvgIpc) is 2.72. The number of aromatic nitrogens is 1. The normalized spacial score (nSPS) is 9.83. The molecule has 0 aliphatic heterocycles. The molecule has 0 aliphatic carbocycles. The van der Waals surface area contributed by atoms with Gasteiger partial charge < -0.3 is 20.5 Å². The molecule has 1 amide bonds. The number of carbonyl (C=O) groups is 2. The first-order chi connectivity index (χ1) is 8.61. The van der Waals surface area contributed by atoms with Crippen LogP contribution < -0.4 is 11.1 Å². The lowest BCUT2D eigenvalue weighted by molar-refractivity contribution is -0.142. The summed E-state index contributed by atoms with van der Waals surface area (Å²) in [5, 5.41) is 5.38. The van der Waals surface area contributed by atoms with Gasteiger partial charge in [-0.05, 0) is 6.92 Å². The van der Waals surface area contributed by atoms with Crippen molar-refractivity contribution in [2.45, 2.75) is 13.3 Å². The molecule has 1 rings (SSSR count). The third-order valence-electron chi connectivity index (χ3n) is 1.81. The monoisotopic (exact) mass is 273 g/mol. The van der Waals surface area contributed by atoms with Crippen molar-refractivity contribution < 1.29 is 19.1 Å². The molecule has 1 aromatic rings. The molecule has 0 spiro atoms. The number of hydrogen-bond donors (Lipinski definition) is 2.